The van der Waals surface area contributed by atoms with Gasteiger partial charge in [0.1, 0.15) is 0 Å². The van der Waals surface area contributed by atoms with Crippen LogP contribution >= 0.6 is 0 Å². The molecule has 79 heavy (non-hydrogen) atoms. The lowest BCUT2D eigenvalue weighted by atomic mass is 9.94. The second kappa shape index (κ2) is 19.3. The van der Waals surface area contributed by atoms with E-state index in [1.54, 1.807) is 0 Å². The molecular formula is C78H51N. The lowest BCUT2D eigenvalue weighted by Crippen LogP contribution is -2.09. The van der Waals surface area contributed by atoms with Gasteiger partial charge in [-0.3, -0.25) is 0 Å². The Hall–Kier alpha value is -10.3. The predicted octanol–water partition coefficient (Wildman–Crippen LogP) is 22.1. The molecule has 15 aromatic carbocycles. The Morgan fingerprint density at radius 3 is 0.785 bits per heavy atom. The van der Waals surface area contributed by atoms with E-state index in [2.05, 4.69) is 314 Å². The molecule has 0 aliphatic carbocycles. The molecule has 0 aliphatic heterocycles. The monoisotopic (exact) mass is 1000 g/mol. The molecule has 0 saturated carbocycles. The molecule has 0 fully saturated rings. The highest BCUT2D eigenvalue weighted by Gasteiger charge is 2.16. The number of nitrogens with zero attached hydrogens (tertiary/aromatic N) is 1. The summed E-state index contributed by atoms with van der Waals surface area (Å²) < 4.78 is 0. The molecule has 1 nitrogen and oxygen atoms in total. The second-order valence-corrected chi connectivity index (χ2v) is 20.9. The molecule has 0 amide bonds. The van der Waals surface area contributed by atoms with Crippen LogP contribution in [0.5, 0.6) is 0 Å². The minimum Gasteiger partial charge on any atom is -0.311 e. The van der Waals surface area contributed by atoms with Gasteiger partial charge in [-0.15, -0.1) is 0 Å². The van der Waals surface area contributed by atoms with E-state index >= 15 is 0 Å². The van der Waals surface area contributed by atoms with Crippen LogP contribution in [0.4, 0.5) is 17.1 Å². The largest absolute Gasteiger partial charge is 0.311 e. The molecule has 0 radical (unpaired) electrons. The lowest BCUT2D eigenvalue weighted by Gasteiger charge is -2.26. The number of fused-ring (bicyclic) bond motifs is 6. The zero-order valence-corrected chi connectivity index (χ0v) is 43.4. The maximum absolute atomic E-state index is 2.38. The van der Waals surface area contributed by atoms with Crippen molar-refractivity contribution < 1.29 is 0 Å². The summed E-state index contributed by atoms with van der Waals surface area (Å²) in [6, 6.07) is 114. The van der Waals surface area contributed by atoms with Crippen LogP contribution in [0.1, 0.15) is 0 Å². The van der Waals surface area contributed by atoms with Gasteiger partial charge in [0.15, 0.2) is 0 Å². The average Bonchev–Trinajstić information content (AvgIpc) is 3.52. The van der Waals surface area contributed by atoms with Gasteiger partial charge in [-0.2, -0.15) is 0 Å². The fraction of sp³-hybridized carbons (Fsp3) is 0. The number of hydrogen-bond acceptors (Lipinski definition) is 1. The first-order chi connectivity index (χ1) is 39.1. The van der Waals surface area contributed by atoms with E-state index in [-0.39, 0.29) is 0 Å². The average molecular weight is 1000 g/mol. The van der Waals surface area contributed by atoms with Crippen LogP contribution in [0.15, 0.2) is 309 Å². The predicted molar refractivity (Wildman–Crippen MR) is 339 cm³/mol. The minimum absolute atomic E-state index is 1.09. The summed E-state index contributed by atoms with van der Waals surface area (Å²) >= 11 is 0. The molecule has 0 N–H and O–H groups in total. The van der Waals surface area contributed by atoms with E-state index in [0.717, 1.165) is 17.1 Å². The maximum atomic E-state index is 2.38. The van der Waals surface area contributed by atoms with Crippen LogP contribution in [-0.2, 0) is 0 Å². The molecule has 0 unspecified atom stereocenters. The van der Waals surface area contributed by atoms with E-state index < -0.39 is 0 Å². The van der Waals surface area contributed by atoms with Gasteiger partial charge in [-0.25, -0.2) is 0 Å². The lowest BCUT2D eigenvalue weighted by molar-refractivity contribution is 1.28. The molecule has 15 rings (SSSR count). The van der Waals surface area contributed by atoms with Gasteiger partial charge in [0, 0.05) is 17.1 Å². The topological polar surface area (TPSA) is 3.24 Å². The van der Waals surface area contributed by atoms with Crippen molar-refractivity contribution in [3.8, 4) is 66.8 Å². The third kappa shape index (κ3) is 8.65. The summed E-state index contributed by atoms with van der Waals surface area (Å²) in [7, 11) is 0. The Morgan fingerprint density at radius 2 is 0.405 bits per heavy atom. The molecule has 0 atom stereocenters. The maximum Gasteiger partial charge on any atom is 0.0462 e. The zero-order valence-electron chi connectivity index (χ0n) is 43.4. The Bertz CT molecular complexity index is 4600. The minimum atomic E-state index is 1.09. The SMILES string of the molecule is c1ccc2cc(-c3ccc4ccc(-c5ccc(N(c6ccc(-c7ccc8ccc(-c9cccc%10ccccc9%10)cc8c7)cc6)c6ccc(-c7ccc8ccc(-c9cccc%10ccccc9%10)cc8c7)cc6)cc5)cc4c3)ccc2c1. The van der Waals surface area contributed by atoms with Crippen molar-refractivity contribution in [2.45, 2.75) is 0 Å². The van der Waals surface area contributed by atoms with Gasteiger partial charge in [-0.1, -0.05) is 231 Å². The molecule has 0 bridgehead atoms. The van der Waals surface area contributed by atoms with Crippen molar-refractivity contribution in [2.24, 2.45) is 0 Å². The molecule has 0 aliphatic rings. The van der Waals surface area contributed by atoms with Crippen molar-refractivity contribution in [2.75, 3.05) is 4.90 Å². The first-order valence-electron chi connectivity index (χ1n) is 27.3. The second-order valence-electron chi connectivity index (χ2n) is 20.9. The van der Waals surface area contributed by atoms with Crippen molar-refractivity contribution in [1.29, 1.82) is 0 Å². The van der Waals surface area contributed by atoms with E-state index in [1.807, 2.05) is 0 Å². The molecule has 1 heteroatoms. The molecule has 15 aromatic rings. The zero-order chi connectivity index (χ0) is 52.2. The third-order valence-electron chi connectivity index (χ3n) is 16.2. The van der Waals surface area contributed by atoms with Crippen LogP contribution in [0, 0.1) is 0 Å². The van der Waals surface area contributed by atoms with Crippen LogP contribution in [-0.4, -0.2) is 0 Å². The third-order valence-corrected chi connectivity index (χ3v) is 16.2. The van der Waals surface area contributed by atoms with E-state index in [0.29, 0.717) is 0 Å². The molecule has 0 spiro atoms. The quantitative estimate of drug-likeness (QED) is 0.139. The van der Waals surface area contributed by atoms with Crippen LogP contribution in [0.3, 0.4) is 0 Å². The molecule has 0 saturated heterocycles. The summed E-state index contributed by atoms with van der Waals surface area (Å²) in [6.45, 7) is 0. The Labute approximate surface area is 460 Å². The number of rotatable bonds is 9. The van der Waals surface area contributed by atoms with Crippen molar-refractivity contribution in [1.82, 2.24) is 0 Å². The van der Waals surface area contributed by atoms with Gasteiger partial charge >= 0.3 is 0 Å². The fourth-order valence-electron chi connectivity index (χ4n) is 12.0. The number of anilines is 3. The van der Waals surface area contributed by atoms with Crippen LogP contribution < -0.4 is 4.90 Å². The van der Waals surface area contributed by atoms with E-state index in [4.69, 9.17) is 0 Å². The first-order valence-corrected chi connectivity index (χ1v) is 27.3. The van der Waals surface area contributed by atoms with Gasteiger partial charge in [0.25, 0.3) is 0 Å². The molecule has 0 heterocycles. The molecule has 368 valence electrons. The van der Waals surface area contributed by atoms with Gasteiger partial charge < -0.3 is 4.90 Å². The highest BCUT2D eigenvalue weighted by Crippen LogP contribution is 2.41. The summed E-state index contributed by atoms with van der Waals surface area (Å²) in [4.78, 5) is 2.38. The van der Waals surface area contributed by atoms with Crippen molar-refractivity contribution in [3.63, 3.8) is 0 Å². The summed E-state index contributed by atoms with van der Waals surface area (Å²) in [5, 5.41) is 14.9. The van der Waals surface area contributed by atoms with Gasteiger partial charge in [0.05, 0.1) is 0 Å². The highest BCUT2D eigenvalue weighted by atomic mass is 15.1. The van der Waals surface area contributed by atoms with E-state index in [1.165, 1.54) is 131 Å². The van der Waals surface area contributed by atoms with Crippen molar-refractivity contribution >= 4 is 81.7 Å². The standard InChI is InChI=1S/C78H51N/c1-2-12-61-45-65(29-19-52(61)9-1)66-30-23-56-20-26-62(46-69(56)49-66)53-33-39-72(40-34-53)79(73-41-35-54(36-42-73)63-27-21-57-24-31-67(50-70(57)47-63)77-17-7-13-59-10-3-5-15-75(59)77)74-43-37-55(38-44-74)64-28-22-58-25-32-68(51-71(58)48-64)78-18-8-14-60-11-4-6-16-76(60)78/h1-51H. The van der Waals surface area contributed by atoms with Crippen LogP contribution in [0.25, 0.3) is 131 Å². The smallest absolute Gasteiger partial charge is 0.0462 e. The fourth-order valence-corrected chi connectivity index (χ4v) is 12.0. The molecule has 0 aromatic heterocycles. The first kappa shape index (κ1) is 46.0. The Morgan fingerprint density at radius 1 is 0.152 bits per heavy atom. The molecular weight excluding hydrogens is 951 g/mol. The van der Waals surface area contributed by atoms with Crippen molar-refractivity contribution in [3.05, 3.63) is 309 Å². The number of hydrogen-bond donors (Lipinski definition) is 0. The number of benzene rings is 15. The van der Waals surface area contributed by atoms with E-state index in [9.17, 15) is 0 Å². The van der Waals surface area contributed by atoms with Gasteiger partial charge in [0.2, 0.25) is 0 Å². The highest BCUT2D eigenvalue weighted by molar-refractivity contribution is 6.02. The summed E-state index contributed by atoms with van der Waals surface area (Å²) in [6.07, 6.45) is 0. The van der Waals surface area contributed by atoms with Crippen LogP contribution in [0.2, 0.25) is 0 Å². The summed E-state index contributed by atoms with van der Waals surface area (Å²) in [5.74, 6) is 0. The Balaban J connectivity index is 0.770. The Kier molecular flexibility index (Phi) is 11.3. The normalized spacial score (nSPS) is 11.5. The van der Waals surface area contributed by atoms with Gasteiger partial charge in [-0.05, 0) is 210 Å². The summed E-state index contributed by atoms with van der Waals surface area (Å²) in [5.41, 5.74) is 17.7.